The lowest BCUT2D eigenvalue weighted by Crippen LogP contribution is -2.62. The predicted octanol–water partition coefficient (Wildman–Crippen LogP) is 4.97. The largest absolute Gasteiger partial charge is 0.393 e. The molecule has 4 aliphatic rings. The van der Waals surface area contributed by atoms with Gasteiger partial charge >= 0.3 is 0 Å². The molecule has 0 aliphatic heterocycles. The third-order valence-corrected chi connectivity index (χ3v) is 13.7. The molecule has 4 fully saturated rings. The van der Waals surface area contributed by atoms with Gasteiger partial charge in [0.2, 0.25) is 10.0 Å². The third kappa shape index (κ3) is 4.11. The highest BCUT2D eigenvalue weighted by Crippen LogP contribution is 2.69. The summed E-state index contributed by atoms with van der Waals surface area (Å²) in [6.07, 6.45) is 7.94. The number of fused-ring (bicyclic) bond motifs is 5. The first kappa shape index (κ1) is 26.9. The van der Waals surface area contributed by atoms with Crippen molar-refractivity contribution in [2.75, 3.05) is 6.54 Å². The minimum Gasteiger partial charge on any atom is -0.393 e. The van der Waals surface area contributed by atoms with E-state index in [1.165, 1.54) is 6.42 Å². The molecule has 3 N–H and O–H groups in total. The van der Waals surface area contributed by atoms with E-state index < -0.39 is 14.8 Å². The number of nitrogens with one attached hydrogen (secondary N) is 1. The minimum atomic E-state index is -3.35. The Balaban J connectivity index is 1.56. The van der Waals surface area contributed by atoms with Crippen molar-refractivity contribution in [3.05, 3.63) is 0 Å². The van der Waals surface area contributed by atoms with Crippen molar-refractivity contribution in [1.29, 1.82) is 0 Å². The molecule has 0 amide bonds. The molecular formula is C28H51NO4S. The fourth-order valence-corrected chi connectivity index (χ4v) is 10.4. The van der Waals surface area contributed by atoms with Gasteiger partial charge in [-0.05, 0) is 118 Å². The Bertz CT molecular complexity index is 853. The van der Waals surface area contributed by atoms with Gasteiger partial charge in [0.1, 0.15) is 0 Å². The van der Waals surface area contributed by atoms with Crippen LogP contribution in [0.5, 0.6) is 0 Å². The topological polar surface area (TPSA) is 86.6 Å². The van der Waals surface area contributed by atoms with Crippen LogP contribution in [0.25, 0.3) is 0 Å². The first-order valence-corrected chi connectivity index (χ1v) is 15.5. The number of sulfonamides is 1. The lowest BCUT2D eigenvalue weighted by molar-refractivity contribution is -0.203. The summed E-state index contributed by atoms with van der Waals surface area (Å²) < 4.78 is 27.4. The highest BCUT2D eigenvalue weighted by atomic mass is 32.2. The molecule has 4 aliphatic carbocycles. The molecule has 4 saturated carbocycles. The summed E-state index contributed by atoms with van der Waals surface area (Å²) in [7, 11) is -3.35. The Labute approximate surface area is 208 Å². The van der Waals surface area contributed by atoms with Crippen LogP contribution < -0.4 is 4.72 Å². The summed E-state index contributed by atoms with van der Waals surface area (Å²) in [6.45, 7) is 15.1. The standard InChI is InChI=1S/C28H51NO4S/c1-8-19-23-15-18(30)11-13-28(23,7)22-12-14-27(6)20(9-10-21(27)24(22)25(19)31)17(2)16-29-34(32,33)26(3,4)5/h17-25,29-31H,8-16H2,1-7H3/t17-,18-,19-,20-,21+,22+,23?,24?,25-,27?,28-/m1/s1. The summed E-state index contributed by atoms with van der Waals surface area (Å²) in [5.74, 6) is 2.83. The van der Waals surface area contributed by atoms with Crippen molar-refractivity contribution in [1.82, 2.24) is 4.72 Å². The number of hydrogen-bond donors (Lipinski definition) is 3. The highest BCUT2D eigenvalue weighted by molar-refractivity contribution is 7.90. The predicted molar refractivity (Wildman–Crippen MR) is 138 cm³/mol. The second-order valence-corrected chi connectivity index (χ2v) is 16.6. The number of hydrogen-bond acceptors (Lipinski definition) is 4. The fourth-order valence-electron chi connectivity index (χ4n) is 9.53. The van der Waals surface area contributed by atoms with Crippen molar-refractivity contribution in [3.63, 3.8) is 0 Å². The molecule has 0 radical (unpaired) electrons. The Hall–Kier alpha value is -0.170. The molecule has 4 rings (SSSR count). The van der Waals surface area contributed by atoms with E-state index in [0.717, 1.165) is 44.9 Å². The smallest absolute Gasteiger partial charge is 0.216 e. The Morgan fingerprint density at radius 3 is 2.21 bits per heavy atom. The van der Waals surface area contributed by atoms with E-state index in [0.29, 0.717) is 36.1 Å². The Morgan fingerprint density at radius 1 is 0.971 bits per heavy atom. The van der Waals surface area contributed by atoms with Crippen LogP contribution in [0.15, 0.2) is 0 Å². The molecule has 0 aromatic rings. The van der Waals surface area contributed by atoms with E-state index in [2.05, 4.69) is 32.4 Å². The van der Waals surface area contributed by atoms with E-state index in [1.807, 2.05) is 0 Å². The fraction of sp³-hybridized carbons (Fsp3) is 1.00. The SMILES string of the molecule is CC[C@@H]1C2C[C@H](O)CC[C@]2(C)[C@H]2CCC3(C)[C@@H]([C@H](C)CNS(=O)(=O)C(C)(C)C)CC[C@H]3C2[C@@H]1O. The van der Waals surface area contributed by atoms with Gasteiger partial charge in [0.05, 0.1) is 17.0 Å². The lowest BCUT2D eigenvalue weighted by Gasteiger charge is -2.64. The van der Waals surface area contributed by atoms with Gasteiger partial charge in [-0.1, -0.05) is 34.1 Å². The van der Waals surface area contributed by atoms with E-state index in [4.69, 9.17) is 0 Å². The molecule has 5 nitrogen and oxygen atoms in total. The number of rotatable bonds is 5. The Kier molecular flexibility index (Phi) is 7.11. The molecule has 0 bridgehead atoms. The van der Waals surface area contributed by atoms with Crippen LogP contribution in [0.1, 0.15) is 99.8 Å². The maximum absolute atomic E-state index is 12.7. The zero-order valence-electron chi connectivity index (χ0n) is 22.7. The molecule has 0 spiro atoms. The van der Waals surface area contributed by atoms with Crippen LogP contribution in [0.4, 0.5) is 0 Å². The first-order chi connectivity index (χ1) is 15.7. The molecule has 0 aromatic heterocycles. The molecule has 3 unspecified atom stereocenters. The van der Waals surface area contributed by atoms with Gasteiger partial charge in [-0.2, -0.15) is 0 Å². The van der Waals surface area contributed by atoms with Gasteiger partial charge < -0.3 is 10.2 Å². The van der Waals surface area contributed by atoms with Gasteiger partial charge in [-0.25, -0.2) is 13.1 Å². The summed E-state index contributed by atoms with van der Waals surface area (Å²) in [6, 6.07) is 0. The van der Waals surface area contributed by atoms with Gasteiger partial charge in [0, 0.05) is 6.54 Å². The van der Waals surface area contributed by atoms with Gasteiger partial charge in [0.15, 0.2) is 0 Å². The summed E-state index contributed by atoms with van der Waals surface area (Å²) in [4.78, 5) is 0. The van der Waals surface area contributed by atoms with Crippen LogP contribution in [0, 0.1) is 52.3 Å². The zero-order chi connectivity index (χ0) is 25.3. The molecule has 0 aromatic carbocycles. The highest BCUT2D eigenvalue weighted by Gasteiger charge is 2.64. The van der Waals surface area contributed by atoms with E-state index in [-0.39, 0.29) is 34.9 Å². The van der Waals surface area contributed by atoms with Gasteiger partial charge in [-0.3, -0.25) is 0 Å². The molecule has 0 saturated heterocycles. The van der Waals surface area contributed by atoms with E-state index in [1.54, 1.807) is 20.8 Å². The van der Waals surface area contributed by atoms with Crippen LogP contribution in [-0.4, -0.2) is 42.1 Å². The van der Waals surface area contributed by atoms with Crippen molar-refractivity contribution >= 4 is 10.0 Å². The van der Waals surface area contributed by atoms with Crippen molar-refractivity contribution in [3.8, 4) is 0 Å². The summed E-state index contributed by atoms with van der Waals surface area (Å²) in [5.41, 5.74) is 0.377. The zero-order valence-corrected chi connectivity index (χ0v) is 23.5. The van der Waals surface area contributed by atoms with Crippen molar-refractivity contribution in [2.45, 2.75) is 117 Å². The molecule has 6 heteroatoms. The van der Waals surface area contributed by atoms with Gasteiger partial charge in [0.25, 0.3) is 0 Å². The Morgan fingerprint density at radius 2 is 1.59 bits per heavy atom. The van der Waals surface area contributed by atoms with Crippen molar-refractivity contribution in [2.24, 2.45) is 52.3 Å². The normalized spacial score (nSPS) is 48.0. The van der Waals surface area contributed by atoms with Gasteiger partial charge in [-0.15, -0.1) is 0 Å². The summed E-state index contributed by atoms with van der Waals surface area (Å²) in [5, 5.41) is 22.3. The second-order valence-electron chi connectivity index (χ2n) is 14.1. The maximum atomic E-state index is 12.7. The van der Waals surface area contributed by atoms with Crippen LogP contribution >= 0.6 is 0 Å². The third-order valence-electron chi connectivity index (χ3n) is 11.6. The number of aliphatic hydroxyl groups excluding tert-OH is 2. The van der Waals surface area contributed by atoms with Crippen LogP contribution in [0.2, 0.25) is 0 Å². The second kappa shape index (κ2) is 8.99. The average molecular weight is 498 g/mol. The molecule has 198 valence electrons. The first-order valence-electron chi connectivity index (χ1n) is 14.0. The molecule has 0 heterocycles. The number of aliphatic hydroxyl groups is 2. The molecule has 11 atom stereocenters. The van der Waals surface area contributed by atoms with Crippen molar-refractivity contribution < 1.29 is 18.6 Å². The van der Waals surface area contributed by atoms with E-state index >= 15 is 0 Å². The van der Waals surface area contributed by atoms with E-state index in [9.17, 15) is 18.6 Å². The lowest BCUT2D eigenvalue weighted by atomic mass is 9.41. The molecule has 34 heavy (non-hydrogen) atoms. The summed E-state index contributed by atoms with van der Waals surface area (Å²) >= 11 is 0. The maximum Gasteiger partial charge on any atom is 0.216 e. The average Bonchev–Trinajstić information content (AvgIpc) is 3.10. The van der Waals surface area contributed by atoms with Crippen LogP contribution in [0.3, 0.4) is 0 Å². The molecular weight excluding hydrogens is 446 g/mol. The minimum absolute atomic E-state index is 0.157. The van der Waals surface area contributed by atoms with Crippen LogP contribution in [-0.2, 0) is 10.0 Å². The quantitative estimate of drug-likeness (QED) is 0.501. The monoisotopic (exact) mass is 497 g/mol.